The molecular weight excluding hydrogens is 328 g/mol. The topological polar surface area (TPSA) is 60.9 Å². The van der Waals surface area contributed by atoms with E-state index in [-0.39, 0.29) is 18.5 Å². The van der Waals surface area contributed by atoms with Crippen LogP contribution in [0.25, 0.3) is 0 Å². The lowest BCUT2D eigenvalue weighted by Crippen LogP contribution is -2.48. The number of nitrogens with zero attached hydrogens (tertiary/aromatic N) is 2. The Bertz CT molecular complexity index is 577. The van der Waals surface area contributed by atoms with Crippen LogP contribution in [0.1, 0.15) is 50.7 Å². The molecule has 0 spiro atoms. The Labute approximate surface area is 157 Å². The maximum Gasteiger partial charge on any atom is 0.317 e. The molecule has 1 aromatic carbocycles. The van der Waals surface area contributed by atoms with E-state index in [0.717, 1.165) is 31.4 Å². The van der Waals surface area contributed by atoms with Crippen molar-refractivity contribution in [1.82, 2.24) is 9.80 Å². The fourth-order valence-corrected chi connectivity index (χ4v) is 3.64. The summed E-state index contributed by atoms with van der Waals surface area (Å²) >= 11 is 0. The smallest absolute Gasteiger partial charge is 0.317 e. The van der Waals surface area contributed by atoms with Crippen molar-refractivity contribution < 1.29 is 14.7 Å². The van der Waals surface area contributed by atoms with Gasteiger partial charge >= 0.3 is 5.97 Å². The van der Waals surface area contributed by atoms with Crippen LogP contribution >= 0.6 is 0 Å². The summed E-state index contributed by atoms with van der Waals surface area (Å²) in [7, 11) is 0. The van der Waals surface area contributed by atoms with Crippen LogP contribution in [-0.4, -0.2) is 59.0 Å². The quantitative estimate of drug-likeness (QED) is 0.735. The first-order valence-corrected chi connectivity index (χ1v) is 9.84. The molecule has 1 fully saturated rings. The van der Waals surface area contributed by atoms with E-state index in [4.69, 9.17) is 5.11 Å². The van der Waals surface area contributed by atoms with Gasteiger partial charge in [0.05, 0.1) is 13.0 Å². The van der Waals surface area contributed by atoms with Crippen molar-refractivity contribution in [2.75, 3.05) is 26.2 Å². The largest absolute Gasteiger partial charge is 0.480 e. The number of aliphatic carboxylic acids is 1. The van der Waals surface area contributed by atoms with Crippen LogP contribution in [0, 0.1) is 0 Å². The van der Waals surface area contributed by atoms with Gasteiger partial charge in [0.25, 0.3) is 0 Å². The maximum absolute atomic E-state index is 12.6. The first-order valence-electron chi connectivity index (χ1n) is 9.84. The number of carbonyl (C=O) groups excluding carboxylic acids is 1. The number of carboxylic acids is 1. The lowest BCUT2D eigenvalue weighted by atomic mass is 10.0. The lowest BCUT2D eigenvalue weighted by Gasteiger charge is -2.37. The van der Waals surface area contributed by atoms with Crippen LogP contribution in [0.3, 0.4) is 0 Å². The third kappa shape index (κ3) is 6.13. The van der Waals surface area contributed by atoms with Crippen molar-refractivity contribution in [2.24, 2.45) is 0 Å². The molecule has 26 heavy (non-hydrogen) atoms. The Morgan fingerprint density at radius 1 is 1.12 bits per heavy atom. The van der Waals surface area contributed by atoms with Gasteiger partial charge in [0.1, 0.15) is 0 Å². The first kappa shape index (κ1) is 20.4. The van der Waals surface area contributed by atoms with E-state index >= 15 is 0 Å². The summed E-state index contributed by atoms with van der Waals surface area (Å²) < 4.78 is 0. The minimum absolute atomic E-state index is 0.0828. The van der Waals surface area contributed by atoms with E-state index in [9.17, 15) is 9.59 Å². The Balaban J connectivity index is 1.81. The molecule has 0 atom stereocenters. The molecule has 0 unspecified atom stereocenters. The summed E-state index contributed by atoms with van der Waals surface area (Å²) in [5, 5.41) is 9.01. The Morgan fingerprint density at radius 2 is 1.73 bits per heavy atom. The van der Waals surface area contributed by atoms with E-state index in [1.807, 2.05) is 16.7 Å². The molecule has 0 bridgehead atoms. The lowest BCUT2D eigenvalue weighted by molar-refractivity contribution is -0.140. The molecule has 1 N–H and O–H groups in total. The second kappa shape index (κ2) is 10.3. The number of carbonyl (C=O) groups is 2. The van der Waals surface area contributed by atoms with Gasteiger partial charge < -0.3 is 10.0 Å². The highest BCUT2D eigenvalue weighted by Crippen LogP contribution is 2.18. The molecule has 1 heterocycles. The predicted octanol–water partition coefficient (Wildman–Crippen LogP) is 2.97. The van der Waals surface area contributed by atoms with Crippen molar-refractivity contribution in [3.63, 3.8) is 0 Å². The van der Waals surface area contributed by atoms with Crippen LogP contribution in [0.4, 0.5) is 0 Å². The molecule has 5 nitrogen and oxygen atoms in total. The van der Waals surface area contributed by atoms with Gasteiger partial charge in [-0.05, 0) is 43.4 Å². The molecule has 1 aromatic rings. The summed E-state index contributed by atoms with van der Waals surface area (Å²) in [6.07, 6.45) is 5.64. The van der Waals surface area contributed by atoms with Crippen LogP contribution in [0.5, 0.6) is 0 Å². The Morgan fingerprint density at radius 3 is 2.27 bits per heavy atom. The van der Waals surface area contributed by atoms with Gasteiger partial charge in [0, 0.05) is 19.1 Å². The van der Waals surface area contributed by atoms with E-state index in [2.05, 4.69) is 31.2 Å². The van der Waals surface area contributed by atoms with Crippen molar-refractivity contribution >= 4 is 11.9 Å². The van der Waals surface area contributed by atoms with Gasteiger partial charge in [0.2, 0.25) is 5.91 Å². The number of likely N-dealkylation sites (tertiary alicyclic amines) is 1. The van der Waals surface area contributed by atoms with Crippen molar-refractivity contribution in [2.45, 2.75) is 58.4 Å². The molecule has 1 aliphatic rings. The number of hydrogen-bond donors (Lipinski definition) is 1. The second-order valence-electron chi connectivity index (χ2n) is 7.17. The van der Waals surface area contributed by atoms with Crippen LogP contribution in [0.15, 0.2) is 24.3 Å². The van der Waals surface area contributed by atoms with Gasteiger partial charge in [-0.2, -0.15) is 0 Å². The zero-order chi connectivity index (χ0) is 18.9. The molecule has 2 rings (SSSR count). The monoisotopic (exact) mass is 360 g/mol. The fraction of sp³-hybridized carbons (Fsp3) is 0.619. The standard InChI is InChI=1S/C21H32N2O3/c1-3-5-6-17-7-9-18(10-8-17)15-20(24)23-13-11-19(12-14-23)22(4-2)16-21(25)26/h7-10,19H,3-6,11-16H2,1-2H3,(H,25,26). The fourth-order valence-electron chi connectivity index (χ4n) is 3.64. The number of aryl methyl sites for hydroxylation is 1. The molecule has 0 aromatic heterocycles. The molecule has 0 aliphatic carbocycles. The molecule has 1 aliphatic heterocycles. The number of piperidine rings is 1. The minimum Gasteiger partial charge on any atom is -0.480 e. The SMILES string of the molecule is CCCCc1ccc(CC(=O)N2CCC(N(CC)CC(=O)O)CC2)cc1. The number of likely N-dealkylation sites (N-methyl/N-ethyl adjacent to an activating group) is 1. The van der Waals surface area contributed by atoms with Gasteiger partial charge in [-0.1, -0.05) is 44.5 Å². The molecule has 1 amide bonds. The van der Waals surface area contributed by atoms with Crippen molar-refractivity contribution in [1.29, 1.82) is 0 Å². The highest BCUT2D eigenvalue weighted by molar-refractivity contribution is 5.78. The number of carboxylic acid groups (broad SMARTS) is 1. The zero-order valence-corrected chi connectivity index (χ0v) is 16.1. The number of benzene rings is 1. The second-order valence-corrected chi connectivity index (χ2v) is 7.17. The molecule has 0 saturated carbocycles. The first-order chi connectivity index (χ1) is 12.5. The Kier molecular flexibility index (Phi) is 8.10. The summed E-state index contributed by atoms with van der Waals surface area (Å²) in [5.41, 5.74) is 2.40. The van der Waals surface area contributed by atoms with Gasteiger partial charge in [-0.25, -0.2) is 0 Å². The number of hydrogen-bond acceptors (Lipinski definition) is 3. The van der Waals surface area contributed by atoms with E-state index in [0.29, 0.717) is 19.5 Å². The highest BCUT2D eigenvalue weighted by atomic mass is 16.4. The van der Waals surface area contributed by atoms with Crippen LogP contribution in [-0.2, 0) is 22.4 Å². The Hall–Kier alpha value is -1.88. The number of rotatable bonds is 9. The van der Waals surface area contributed by atoms with E-state index in [1.165, 1.54) is 18.4 Å². The van der Waals surface area contributed by atoms with Gasteiger partial charge in [-0.15, -0.1) is 0 Å². The van der Waals surface area contributed by atoms with Crippen LogP contribution in [0.2, 0.25) is 0 Å². The molecule has 5 heteroatoms. The van der Waals surface area contributed by atoms with Gasteiger partial charge in [0.15, 0.2) is 0 Å². The summed E-state index contributed by atoms with van der Waals surface area (Å²) in [5.74, 6) is -0.612. The normalized spacial score (nSPS) is 15.4. The molecular formula is C21H32N2O3. The highest BCUT2D eigenvalue weighted by Gasteiger charge is 2.27. The average molecular weight is 360 g/mol. The van der Waals surface area contributed by atoms with E-state index in [1.54, 1.807) is 0 Å². The number of unbranched alkanes of at least 4 members (excludes halogenated alkanes) is 1. The minimum atomic E-state index is -0.785. The predicted molar refractivity (Wildman–Crippen MR) is 103 cm³/mol. The molecule has 144 valence electrons. The van der Waals surface area contributed by atoms with Gasteiger partial charge in [-0.3, -0.25) is 14.5 Å². The molecule has 0 radical (unpaired) electrons. The maximum atomic E-state index is 12.6. The summed E-state index contributed by atoms with van der Waals surface area (Å²) in [6, 6.07) is 8.67. The van der Waals surface area contributed by atoms with Crippen molar-refractivity contribution in [3.8, 4) is 0 Å². The number of amides is 1. The summed E-state index contributed by atoms with van der Waals surface area (Å²) in [4.78, 5) is 27.5. The van der Waals surface area contributed by atoms with E-state index < -0.39 is 5.97 Å². The average Bonchev–Trinajstić information content (AvgIpc) is 2.65. The third-order valence-electron chi connectivity index (χ3n) is 5.28. The molecule has 1 saturated heterocycles. The zero-order valence-electron chi connectivity index (χ0n) is 16.1. The van der Waals surface area contributed by atoms with Crippen LogP contribution < -0.4 is 0 Å². The van der Waals surface area contributed by atoms with Crippen molar-refractivity contribution in [3.05, 3.63) is 35.4 Å². The third-order valence-corrected chi connectivity index (χ3v) is 5.28. The summed E-state index contributed by atoms with van der Waals surface area (Å²) in [6.45, 7) is 6.43.